The number of hydrogen-bond donors (Lipinski definition) is 1. The van der Waals surface area contributed by atoms with Crippen molar-refractivity contribution in [1.82, 2.24) is 19.7 Å². The molecular weight excluding hydrogens is 428 g/mol. The van der Waals surface area contributed by atoms with Crippen LogP contribution in [0, 0.1) is 0 Å². The summed E-state index contributed by atoms with van der Waals surface area (Å²) in [6.07, 6.45) is 4.95. The lowest BCUT2D eigenvalue weighted by Crippen LogP contribution is -2.19. The highest BCUT2D eigenvalue weighted by Gasteiger charge is 2.11. The Morgan fingerprint density at radius 1 is 1.24 bits per heavy atom. The number of amides is 1. The molecule has 5 rings (SSSR count). The highest BCUT2D eigenvalue weighted by molar-refractivity contribution is 7.21. The average Bonchev–Trinajstić information content (AvgIpc) is 3.48. The van der Waals surface area contributed by atoms with Crippen LogP contribution in [0.25, 0.3) is 32.0 Å². The summed E-state index contributed by atoms with van der Waals surface area (Å²) in [5, 5.41) is 5.91. The number of thiazole rings is 2. The first kappa shape index (κ1) is 18.1. The van der Waals surface area contributed by atoms with Crippen molar-refractivity contribution in [3.8, 4) is 10.8 Å². The predicted molar refractivity (Wildman–Crippen MR) is 116 cm³/mol. The second-order valence-electron chi connectivity index (χ2n) is 6.15. The molecule has 9 heteroatoms. The lowest BCUT2D eigenvalue weighted by atomic mass is 10.3. The van der Waals surface area contributed by atoms with Crippen LogP contribution in [0.4, 0.5) is 0 Å². The topological polar surface area (TPSA) is 72.4 Å². The number of rotatable bonds is 5. The summed E-state index contributed by atoms with van der Waals surface area (Å²) >= 11 is 9.18. The lowest BCUT2D eigenvalue weighted by Gasteiger charge is -1.99. The molecular formula is C20H13ClN4O2S2. The molecule has 29 heavy (non-hydrogen) atoms. The molecule has 0 saturated carbocycles. The number of carbonyl (C=O) groups excluding carboxylic acids is 1. The second-order valence-corrected chi connectivity index (χ2v) is 8.41. The van der Waals surface area contributed by atoms with Crippen molar-refractivity contribution in [1.29, 1.82) is 0 Å². The zero-order chi connectivity index (χ0) is 19.8. The maximum atomic E-state index is 12.2. The Labute approximate surface area is 178 Å². The maximum Gasteiger partial charge on any atom is 0.244 e. The van der Waals surface area contributed by atoms with Crippen LogP contribution in [-0.4, -0.2) is 20.3 Å². The summed E-state index contributed by atoms with van der Waals surface area (Å²) in [6.45, 7) is 0.280. The third-order valence-corrected chi connectivity index (χ3v) is 6.34. The van der Waals surface area contributed by atoms with Crippen molar-refractivity contribution < 1.29 is 9.21 Å². The summed E-state index contributed by atoms with van der Waals surface area (Å²) < 4.78 is 8.79. The van der Waals surface area contributed by atoms with Gasteiger partial charge in [0.2, 0.25) is 5.91 Å². The summed E-state index contributed by atoms with van der Waals surface area (Å²) in [4.78, 5) is 21.8. The Bertz CT molecular complexity index is 1330. The number of furan rings is 1. The summed E-state index contributed by atoms with van der Waals surface area (Å²) in [7, 11) is 0. The molecule has 0 radical (unpaired) electrons. The van der Waals surface area contributed by atoms with E-state index < -0.39 is 0 Å². The van der Waals surface area contributed by atoms with Crippen LogP contribution in [-0.2, 0) is 11.3 Å². The van der Waals surface area contributed by atoms with E-state index in [9.17, 15) is 4.79 Å². The van der Waals surface area contributed by atoms with Gasteiger partial charge in [0, 0.05) is 17.7 Å². The molecule has 5 aromatic rings. The van der Waals surface area contributed by atoms with Gasteiger partial charge in [-0.05, 0) is 30.3 Å². The van der Waals surface area contributed by atoms with Crippen LogP contribution >= 0.6 is 34.3 Å². The first-order valence-corrected chi connectivity index (χ1v) is 10.8. The molecule has 144 valence electrons. The van der Waals surface area contributed by atoms with Gasteiger partial charge in [0.1, 0.15) is 5.76 Å². The SMILES string of the molecule is O=C(/C=C/c1c(Cl)nc2sccn12)NCc1ccc(-c2nc3ccccc3s2)o1. The number of carbonyl (C=O) groups is 1. The number of nitrogens with one attached hydrogen (secondary N) is 1. The Hall–Kier alpha value is -2.94. The number of nitrogens with zero attached hydrogens (tertiary/aromatic N) is 3. The van der Waals surface area contributed by atoms with Crippen molar-refractivity contribution in [2.45, 2.75) is 6.54 Å². The molecule has 4 aromatic heterocycles. The first-order chi connectivity index (χ1) is 14.2. The number of halogens is 1. The first-order valence-electron chi connectivity index (χ1n) is 8.69. The van der Waals surface area contributed by atoms with Gasteiger partial charge < -0.3 is 9.73 Å². The fraction of sp³-hybridized carbons (Fsp3) is 0.0500. The normalized spacial score (nSPS) is 11.8. The van der Waals surface area contributed by atoms with E-state index in [0.717, 1.165) is 20.2 Å². The third-order valence-electron chi connectivity index (χ3n) is 4.25. The van der Waals surface area contributed by atoms with Gasteiger partial charge in [-0.3, -0.25) is 9.20 Å². The largest absolute Gasteiger partial charge is 0.457 e. The Morgan fingerprint density at radius 3 is 3.03 bits per heavy atom. The Morgan fingerprint density at radius 2 is 2.14 bits per heavy atom. The highest BCUT2D eigenvalue weighted by atomic mass is 35.5. The minimum atomic E-state index is -0.246. The second kappa shape index (κ2) is 7.47. The molecule has 4 heterocycles. The van der Waals surface area contributed by atoms with Crippen molar-refractivity contribution in [2.24, 2.45) is 0 Å². The molecule has 0 bridgehead atoms. The Kier molecular flexibility index (Phi) is 4.67. The van der Waals surface area contributed by atoms with Crippen LogP contribution < -0.4 is 5.32 Å². The van der Waals surface area contributed by atoms with Gasteiger partial charge in [-0.1, -0.05) is 23.7 Å². The van der Waals surface area contributed by atoms with E-state index in [0.29, 0.717) is 22.4 Å². The maximum absolute atomic E-state index is 12.2. The molecule has 6 nitrogen and oxygen atoms in total. The summed E-state index contributed by atoms with van der Waals surface area (Å²) in [6, 6.07) is 11.7. The van der Waals surface area contributed by atoms with Crippen LogP contribution in [0.2, 0.25) is 5.15 Å². The van der Waals surface area contributed by atoms with Crippen LogP contribution in [0.3, 0.4) is 0 Å². The summed E-state index contributed by atoms with van der Waals surface area (Å²) in [5.74, 6) is 1.10. The monoisotopic (exact) mass is 440 g/mol. The molecule has 0 atom stereocenters. The third kappa shape index (κ3) is 3.57. The van der Waals surface area contributed by atoms with Gasteiger partial charge in [-0.15, -0.1) is 22.7 Å². The zero-order valence-electron chi connectivity index (χ0n) is 14.8. The van der Waals surface area contributed by atoms with Crippen molar-refractivity contribution in [3.63, 3.8) is 0 Å². The zero-order valence-corrected chi connectivity index (χ0v) is 17.2. The number of hydrogen-bond acceptors (Lipinski definition) is 6. The fourth-order valence-corrected chi connectivity index (χ4v) is 4.81. The van der Waals surface area contributed by atoms with Crippen molar-refractivity contribution >= 4 is 61.4 Å². The fourth-order valence-electron chi connectivity index (χ4n) is 2.88. The number of imidazole rings is 1. The number of benzene rings is 1. The molecule has 0 unspecified atom stereocenters. The molecule has 1 aromatic carbocycles. The summed E-state index contributed by atoms with van der Waals surface area (Å²) in [5.41, 5.74) is 1.62. The van der Waals surface area contributed by atoms with Crippen molar-refractivity contribution in [3.05, 3.63) is 70.7 Å². The van der Waals surface area contributed by atoms with Gasteiger partial charge in [-0.2, -0.15) is 0 Å². The van der Waals surface area contributed by atoms with Gasteiger partial charge in [0.05, 0.1) is 22.5 Å². The number of para-hydroxylation sites is 1. The number of fused-ring (bicyclic) bond motifs is 2. The van der Waals surface area contributed by atoms with Gasteiger partial charge >= 0.3 is 0 Å². The molecule has 0 spiro atoms. The van der Waals surface area contributed by atoms with E-state index in [1.807, 2.05) is 52.4 Å². The van der Waals surface area contributed by atoms with Crippen LogP contribution in [0.5, 0.6) is 0 Å². The highest BCUT2D eigenvalue weighted by Crippen LogP contribution is 2.31. The van der Waals surface area contributed by atoms with E-state index in [1.165, 1.54) is 17.4 Å². The molecule has 0 fully saturated rings. The average molecular weight is 441 g/mol. The molecule has 0 aliphatic rings. The lowest BCUT2D eigenvalue weighted by molar-refractivity contribution is -0.116. The quantitative estimate of drug-likeness (QED) is 0.379. The van der Waals surface area contributed by atoms with E-state index in [2.05, 4.69) is 15.3 Å². The Balaban J connectivity index is 1.25. The van der Waals surface area contributed by atoms with E-state index >= 15 is 0 Å². The van der Waals surface area contributed by atoms with Crippen LogP contribution in [0.1, 0.15) is 11.5 Å². The molecule has 1 N–H and O–H groups in total. The van der Waals surface area contributed by atoms with E-state index in [-0.39, 0.29) is 12.5 Å². The molecule has 0 aliphatic heterocycles. The molecule has 0 saturated heterocycles. The molecule has 0 aliphatic carbocycles. The number of aromatic nitrogens is 3. The molecule has 1 amide bonds. The van der Waals surface area contributed by atoms with Gasteiger partial charge in [0.25, 0.3) is 0 Å². The van der Waals surface area contributed by atoms with Gasteiger partial charge in [0.15, 0.2) is 20.9 Å². The minimum absolute atomic E-state index is 0.246. The standard InChI is InChI=1S/C20H13ClN4O2S2/c21-18-14(25-9-10-28-20(25)24-18)6-8-17(26)22-11-12-5-7-15(27-12)19-23-13-3-1-2-4-16(13)29-19/h1-10H,11H2,(H,22,26)/b8-6+. The van der Waals surface area contributed by atoms with E-state index in [1.54, 1.807) is 17.4 Å². The minimum Gasteiger partial charge on any atom is -0.457 e. The smallest absolute Gasteiger partial charge is 0.244 e. The van der Waals surface area contributed by atoms with Gasteiger partial charge in [-0.25, -0.2) is 9.97 Å². The van der Waals surface area contributed by atoms with E-state index in [4.69, 9.17) is 16.0 Å². The van der Waals surface area contributed by atoms with Crippen molar-refractivity contribution in [2.75, 3.05) is 0 Å². The van der Waals surface area contributed by atoms with Crippen LogP contribution in [0.15, 0.2) is 58.5 Å². The predicted octanol–water partition coefficient (Wildman–Crippen LogP) is 5.25.